The summed E-state index contributed by atoms with van der Waals surface area (Å²) >= 11 is 0. The topological polar surface area (TPSA) is 29.9 Å². The molecule has 1 aromatic heterocycles. The molecule has 0 aliphatic rings. The Morgan fingerprint density at radius 1 is 1.12 bits per heavy atom. The highest BCUT2D eigenvalue weighted by Crippen LogP contribution is 2.11. The van der Waals surface area contributed by atoms with Crippen molar-refractivity contribution in [3.05, 3.63) is 53.9 Å². The van der Waals surface area contributed by atoms with Crippen LogP contribution < -0.4 is 5.32 Å². The number of hydrogen-bond donors (Lipinski definition) is 1. The first-order valence-corrected chi connectivity index (χ1v) is 5.32. The molecule has 3 nitrogen and oxygen atoms in total. The number of alkyl halides is 2. The second-order valence-corrected chi connectivity index (χ2v) is 3.63. The first-order chi connectivity index (χ1) is 8.27. The van der Waals surface area contributed by atoms with Crippen LogP contribution in [0.5, 0.6) is 0 Å². The minimum atomic E-state index is -2.58. The minimum absolute atomic E-state index is 0.374. The van der Waals surface area contributed by atoms with Gasteiger partial charge in [0.15, 0.2) is 0 Å². The van der Waals surface area contributed by atoms with E-state index in [-0.39, 0.29) is 0 Å². The van der Waals surface area contributed by atoms with Gasteiger partial charge in [0.05, 0.1) is 5.69 Å². The fourth-order valence-electron chi connectivity index (χ4n) is 1.59. The third-order valence-electron chi connectivity index (χ3n) is 2.42. The molecule has 0 spiro atoms. The predicted molar refractivity (Wildman–Crippen MR) is 60.5 cm³/mol. The summed E-state index contributed by atoms with van der Waals surface area (Å²) in [5.74, 6) is 0. The number of benzene rings is 1. The second kappa shape index (κ2) is 5.54. The van der Waals surface area contributed by atoms with Gasteiger partial charge in [-0.3, -0.25) is 0 Å². The van der Waals surface area contributed by atoms with E-state index in [9.17, 15) is 8.78 Å². The van der Waals surface area contributed by atoms with Crippen LogP contribution in [-0.4, -0.2) is 9.78 Å². The molecule has 0 saturated heterocycles. The van der Waals surface area contributed by atoms with Crippen LogP contribution in [0.4, 0.5) is 8.78 Å². The monoisotopic (exact) mass is 237 g/mol. The maximum atomic E-state index is 12.5. The van der Waals surface area contributed by atoms with E-state index in [0.717, 1.165) is 10.2 Å². The zero-order valence-corrected chi connectivity index (χ0v) is 9.18. The molecule has 2 aromatic rings. The quantitative estimate of drug-likeness (QED) is 0.866. The number of nitrogens with one attached hydrogen (secondary N) is 1. The van der Waals surface area contributed by atoms with Gasteiger partial charge in [-0.25, -0.2) is 4.68 Å². The summed E-state index contributed by atoms with van der Waals surface area (Å²) < 4.78 is 25.7. The molecule has 0 amide bonds. The van der Waals surface area contributed by atoms with Crippen LogP contribution in [0.2, 0.25) is 0 Å². The van der Waals surface area contributed by atoms with Crippen LogP contribution in [0, 0.1) is 0 Å². The zero-order chi connectivity index (χ0) is 12.1. The molecule has 0 bridgehead atoms. The van der Waals surface area contributed by atoms with Gasteiger partial charge in [-0.15, -0.1) is 0 Å². The van der Waals surface area contributed by atoms with Crippen LogP contribution >= 0.6 is 0 Å². The van der Waals surface area contributed by atoms with Crippen molar-refractivity contribution in [1.82, 2.24) is 15.1 Å². The van der Waals surface area contributed by atoms with E-state index in [1.807, 2.05) is 30.3 Å². The molecule has 0 aliphatic heterocycles. The number of hydrogen-bond acceptors (Lipinski definition) is 2. The summed E-state index contributed by atoms with van der Waals surface area (Å²) in [6.45, 7) is -1.56. The first kappa shape index (κ1) is 11.7. The number of nitrogens with zero attached hydrogens (tertiary/aromatic N) is 2. The van der Waals surface area contributed by atoms with Crippen molar-refractivity contribution in [3.8, 4) is 0 Å². The maximum Gasteiger partial charge on any atom is 0.333 e. The highest BCUT2D eigenvalue weighted by atomic mass is 19.3. The molecule has 0 fully saturated rings. The smallest absolute Gasteiger partial charge is 0.307 e. The van der Waals surface area contributed by atoms with Gasteiger partial charge in [0, 0.05) is 19.3 Å². The van der Waals surface area contributed by atoms with Crippen LogP contribution in [-0.2, 0) is 13.1 Å². The summed E-state index contributed by atoms with van der Waals surface area (Å²) in [5.41, 5.74) is 1.60. The number of halogens is 2. The summed E-state index contributed by atoms with van der Waals surface area (Å²) in [4.78, 5) is 0. The largest absolute Gasteiger partial charge is 0.333 e. The second-order valence-electron chi connectivity index (χ2n) is 3.63. The molecule has 5 heteroatoms. The fourth-order valence-corrected chi connectivity index (χ4v) is 1.59. The average Bonchev–Trinajstić information content (AvgIpc) is 2.79. The number of rotatable bonds is 5. The third-order valence-corrected chi connectivity index (χ3v) is 2.42. The van der Waals surface area contributed by atoms with Crippen molar-refractivity contribution in [2.75, 3.05) is 0 Å². The fraction of sp³-hybridized carbons (Fsp3) is 0.250. The van der Waals surface area contributed by atoms with Gasteiger partial charge in [-0.1, -0.05) is 30.3 Å². The molecule has 1 aromatic carbocycles. The highest BCUT2D eigenvalue weighted by molar-refractivity contribution is 5.14. The van der Waals surface area contributed by atoms with Gasteiger partial charge in [-0.05, 0) is 11.6 Å². The molecule has 1 N–H and O–H groups in total. The molecule has 17 heavy (non-hydrogen) atoms. The Morgan fingerprint density at radius 2 is 1.88 bits per heavy atom. The van der Waals surface area contributed by atoms with E-state index in [1.54, 1.807) is 6.07 Å². The SMILES string of the molecule is FC(F)n1nccc1CNCc1ccccc1. The van der Waals surface area contributed by atoms with Gasteiger partial charge in [0.2, 0.25) is 0 Å². The van der Waals surface area contributed by atoms with Crippen LogP contribution in [0.3, 0.4) is 0 Å². The van der Waals surface area contributed by atoms with E-state index in [2.05, 4.69) is 10.4 Å². The standard InChI is InChI=1S/C12H13F2N3/c13-12(14)17-11(6-7-16-17)9-15-8-10-4-2-1-3-5-10/h1-7,12,15H,8-9H2. The van der Waals surface area contributed by atoms with Gasteiger partial charge in [0.25, 0.3) is 0 Å². The Kier molecular flexibility index (Phi) is 3.82. The highest BCUT2D eigenvalue weighted by Gasteiger charge is 2.10. The maximum absolute atomic E-state index is 12.5. The molecular formula is C12H13F2N3. The molecule has 0 unspecified atom stereocenters. The molecular weight excluding hydrogens is 224 g/mol. The van der Waals surface area contributed by atoms with E-state index < -0.39 is 6.55 Å². The van der Waals surface area contributed by atoms with E-state index in [4.69, 9.17) is 0 Å². The molecule has 1 heterocycles. The van der Waals surface area contributed by atoms with Crippen molar-refractivity contribution in [2.24, 2.45) is 0 Å². The lowest BCUT2D eigenvalue weighted by atomic mass is 10.2. The summed E-state index contributed by atoms with van der Waals surface area (Å²) in [6, 6.07) is 11.4. The lowest BCUT2D eigenvalue weighted by Crippen LogP contribution is -2.16. The van der Waals surface area contributed by atoms with E-state index >= 15 is 0 Å². The van der Waals surface area contributed by atoms with Crippen LogP contribution in [0.25, 0.3) is 0 Å². The Morgan fingerprint density at radius 3 is 2.59 bits per heavy atom. The molecule has 2 rings (SSSR count). The van der Waals surface area contributed by atoms with Crippen molar-refractivity contribution in [3.63, 3.8) is 0 Å². The van der Waals surface area contributed by atoms with E-state index in [1.165, 1.54) is 6.20 Å². The van der Waals surface area contributed by atoms with Gasteiger partial charge in [-0.2, -0.15) is 13.9 Å². The van der Waals surface area contributed by atoms with Crippen LogP contribution in [0.1, 0.15) is 17.8 Å². The number of aromatic nitrogens is 2. The lowest BCUT2D eigenvalue weighted by Gasteiger charge is -2.07. The Labute approximate surface area is 98.1 Å². The van der Waals surface area contributed by atoms with Crippen molar-refractivity contribution in [2.45, 2.75) is 19.6 Å². The Bertz CT molecular complexity index is 454. The normalized spacial score (nSPS) is 11.0. The van der Waals surface area contributed by atoms with Gasteiger partial charge < -0.3 is 5.32 Å². The Hall–Kier alpha value is -1.75. The summed E-state index contributed by atoms with van der Waals surface area (Å²) in [7, 11) is 0. The molecule has 0 atom stereocenters. The average molecular weight is 237 g/mol. The van der Waals surface area contributed by atoms with Crippen molar-refractivity contribution < 1.29 is 8.78 Å². The lowest BCUT2D eigenvalue weighted by molar-refractivity contribution is 0.0531. The zero-order valence-electron chi connectivity index (χ0n) is 9.18. The van der Waals surface area contributed by atoms with E-state index in [0.29, 0.717) is 18.8 Å². The van der Waals surface area contributed by atoms with Gasteiger partial charge >= 0.3 is 6.55 Å². The van der Waals surface area contributed by atoms with Gasteiger partial charge in [0.1, 0.15) is 0 Å². The summed E-state index contributed by atoms with van der Waals surface area (Å²) in [6.07, 6.45) is 1.38. The molecule has 0 saturated carbocycles. The minimum Gasteiger partial charge on any atom is -0.307 e. The van der Waals surface area contributed by atoms with Crippen molar-refractivity contribution in [1.29, 1.82) is 0 Å². The molecule has 0 radical (unpaired) electrons. The predicted octanol–water partition coefficient (Wildman–Crippen LogP) is 2.57. The molecule has 90 valence electrons. The Balaban J connectivity index is 1.88. The molecule has 0 aliphatic carbocycles. The summed E-state index contributed by atoms with van der Waals surface area (Å²) in [5, 5.41) is 6.67. The van der Waals surface area contributed by atoms with Crippen LogP contribution in [0.15, 0.2) is 42.6 Å². The first-order valence-electron chi connectivity index (χ1n) is 5.32. The van der Waals surface area contributed by atoms with Crippen molar-refractivity contribution >= 4 is 0 Å². The third kappa shape index (κ3) is 3.10.